The van der Waals surface area contributed by atoms with Gasteiger partial charge in [0, 0.05) is 10.6 Å². The van der Waals surface area contributed by atoms with Crippen molar-refractivity contribution in [2.24, 2.45) is 0 Å². The molecule has 102 valence electrons. The molecule has 0 saturated carbocycles. The third-order valence-electron chi connectivity index (χ3n) is 3.07. The van der Waals surface area contributed by atoms with Crippen molar-refractivity contribution < 1.29 is 8.81 Å². The van der Waals surface area contributed by atoms with E-state index in [1.54, 1.807) is 6.07 Å². The first-order chi connectivity index (χ1) is 9.02. The summed E-state index contributed by atoms with van der Waals surface area (Å²) in [7, 11) is 0. The highest BCUT2D eigenvalue weighted by molar-refractivity contribution is 6.31. The van der Waals surface area contributed by atoms with Crippen LogP contribution in [0.5, 0.6) is 0 Å². The van der Waals surface area contributed by atoms with Gasteiger partial charge in [0.05, 0.1) is 6.04 Å². The first-order valence-corrected chi connectivity index (χ1v) is 6.66. The molecule has 0 saturated heterocycles. The second-order valence-electron chi connectivity index (χ2n) is 4.53. The van der Waals surface area contributed by atoms with Crippen molar-refractivity contribution in [1.29, 1.82) is 0 Å². The number of hydrogen-bond donors (Lipinski definition) is 1. The fourth-order valence-electron chi connectivity index (χ4n) is 2.26. The normalized spacial score (nSPS) is 12.7. The van der Waals surface area contributed by atoms with E-state index in [1.165, 1.54) is 12.1 Å². The van der Waals surface area contributed by atoms with Crippen molar-refractivity contribution in [2.45, 2.75) is 26.8 Å². The van der Waals surface area contributed by atoms with Gasteiger partial charge in [-0.2, -0.15) is 0 Å². The highest BCUT2D eigenvalue weighted by atomic mass is 35.5. The van der Waals surface area contributed by atoms with Crippen molar-refractivity contribution in [3.05, 3.63) is 57.8 Å². The second kappa shape index (κ2) is 5.76. The number of hydrogen-bond acceptors (Lipinski definition) is 2. The Morgan fingerprint density at radius 2 is 2.00 bits per heavy atom. The van der Waals surface area contributed by atoms with Gasteiger partial charge in [-0.05, 0) is 44.2 Å². The summed E-state index contributed by atoms with van der Waals surface area (Å²) in [6.45, 7) is 6.63. The third kappa shape index (κ3) is 2.99. The first-order valence-electron chi connectivity index (χ1n) is 6.28. The Hall–Kier alpha value is -1.32. The van der Waals surface area contributed by atoms with E-state index in [4.69, 9.17) is 16.0 Å². The van der Waals surface area contributed by atoms with Gasteiger partial charge in [-0.3, -0.25) is 0 Å². The molecule has 2 rings (SSSR count). The molecule has 0 spiro atoms. The summed E-state index contributed by atoms with van der Waals surface area (Å²) < 4.78 is 18.7. The molecule has 1 unspecified atom stereocenters. The van der Waals surface area contributed by atoms with Crippen molar-refractivity contribution in [3.8, 4) is 0 Å². The van der Waals surface area contributed by atoms with Crippen LogP contribution < -0.4 is 5.32 Å². The Morgan fingerprint density at radius 3 is 2.53 bits per heavy atom. The van der Waals surface area contributed by atoms with Gasteiger partial charge in [-0.25, -0.2) is 4.39 Å². The second-order valence-corrected chi connectivity index (χ2v) is 4.93. The molecule has 0 aliphatic carbocycles. The molecule has 1 heterocycles. The molecule has 2 aromatic rings. The summed E-state index contributed by atoms with van der Waals surface area (Å²) in [4.78, 5) is 0. The molecule has 0 radical (unpaired) electrons. The predicted molar refractivity (Wildman–Crippen MR) is 75.1 cm³/mol. The molecule has 4 heteroatoms. The molecule has 1 aromatic carbocycles. The summed E-state index contributed by atoms with van der Waals surface area (Å²) >= 11 is 6.16. The molecule has 1 aromatic heterocycles. The van der Waals surface area contributed by atoms with Gasteiger partial charge in [0.25, 0.3) is 0 Å². The molecule has 0 aliphatic rings. The topological polar surface area (TPSA) is 25.2 Å². The van der Waals surface area contributed by atoms with Crippen LogP contribution in [0, 0.1) is 19.7 Å². The van der Waals surface area contributed by atoms with Crippen molar-refractivity contribution >= 4 is 11.6 Å². The maximum atomic E-state index is 13.2. The number of benzene rings is 1. The van der Waals surface area contributed by atoms with Crippen LogP contribution in [0.1, 0.15) is 35.6 Å². The minimum Gasteiger partial charge on any atom is -0.466 e. The Morgan fingerprint density at radius 1 is 1.26 bits per heavy atom. The SMILES string of the molecule is CCNC(c1ccc(F)cc1Cl)c1cc(C)oc1C. The monoisotopic (exact) mass is 281 g/mol. The predicted octanol–water partition coefficient (Wildman–Crippen LogP) is 4.39. The third-order valence-corrected chi connectivity index (χ3v) is 3.40. The zero-order chi connectivity index (χ0) is 14.0. The lowest BCUT2D eigenvalue weighted by Crippen LogP contribution is -2.22. The van der Waals surface area contributed by atoms with E-state index in [1.807, 2.05) is 26.8 Å². The standard InChI is InChI=1S/C15H17ClFNO/c1-4-18-15(13-7-9(2)19-10(13)3)12-6-5-11(17)8-14(12)16/h5-8,15,18H,4H2,1-3H3. The number of rotatable bonds is 4. The van der Waals surface area contributed by atoms with E-state index in [0.29, 0.717) is 5.02 Å². The van der Waals surface area contributed by atoms with E-state index in [0.717, 1.165) is 29.2 Å². The van der Waals surface area contributed by atoms with Crippen molar-refractivity contribution in [1.82, 2.24) is 5.32 Å². The molecule has 0 aliphatic heterocycles. The summed E-state index contributed by atoms with van der Waals surface area (Å²) in [5.74, 6) is 1.38. The summed E-state index contributed by atoms with van der Waals surface area (Å²) in [6.07, 6.45) is 0. The summed E-state index contributed by atoms with van der Waals surface area (Å²) in [6, 6.07) is 6.38. The van der Waals surface area contributed by atoms with Crippen LogP contribution in [0.2, 0.25) is 5.02 Å². The van der Waals surface area contributed by atoms with Gasteiger partial charge < -0.3 is 9.73 Å². The van der Waals surface area contributed by atoms with Crippen LogP contribution in [-0.2, 0) is 0 Å². The fraction of sp³-hybridized carbons (Fsp3) is 0.333. The lowest BCUT2D eigenvalue weighted by atomic mass is 9.98. The summed E-state index contributed by atoms with van der Waals surface area (Å²) in [5, 5.41) is 3.78. The lowest BCUT2D eigenvalue weighted by Gasteiger charge is -2.19. The van der Waals surface area contributed by atoms with Crippen LogP contribution in [-0.4, -0.2) is 6.54 Å². The van der Waals surface area contributed by atoms with E-state index in [9.17, 15) is 4.39 Å². The smallest absolute Gasteiger partial charge is 0.124 e. The number of halogens is 2. The molecule has 1 atom stereocenters. The summed E-state index contributed by atoms with van der Waals surface area (Å²) in [5.41, 5.74) is 1.89. The maximum absolute atomic E-state index is 13.2. The fourth-order valence-corrected chi connectivity index (χ4v) is 2.54. The van der Waals surface area contributed by atoms with Gasteiger partial charge in [-0.1, -0.05) is 24.6 Å². The Bertz CT molecular complexity index is 580. The van der Waals surface area contributed by atoms with Gasteiger partial charge >= 0.3 is 0 Å². The highest BCUT2D eigenvalue weighted by Crippen LogP contribution is 2.32. The van der Waals surface area contributed by atoms with Crippen LogP contribution in [0.15, 0.2) is 28.7 Å². The van der Waals surface area contributed by atoms with Crippen molar-refractivity contribution in [3.63, 3.8) is 0 Å². The zero-order valence-corrected chi connectivity index (χ0v) is 12.0. The molecular formula is C15H17ClFNO. The molecule has 19 heavy (non-hydrogen) atoms. The molecule has 2 nitrogen and oxygen atoms in total. The van der Waals surface area contributed by atoms with E-state index >= 15 is 0 Å². The molecular weight excluding hydrogens is 265 g/mol. The molecule has 0 bridgehead atoms. The lowest BCUT2D eigenvalue weighted by molar-refractivity contribution is 0.495. The van der Waals surface area contributed by atoms with E-state index in [-0.39, 0.29) is 11.9 Å². The van der Waals surface area contributed by atoms with E-state index < -0.39 is 0 Å². The minimum atomic E-state index is -0.330. The first kappa shape index (κ1) is 14.1. The molecule has 1 N–H and O–H groups in total. The van der Waals surface area contributed by atoms with Crippen molar-refractivity contribution in [2.75, 3.05) is 6.54 Å². The zero-order valence-electron chi connectivity index (χ0n) is 11.3. The molecule has 0 amide bonds. The van der Waals surface area contributed by atoms with Crippen LogP contribution in [0.25, 0.3) is 0 Å². The van der Waals surface area contributed by atoms with Crippen LogP contribution in [0.4, 0.5) is 4.39 Å². The average Bonchev–Trinajstić information content (AvgIpc) is 2.66. The largest absolute Gasteiger partial charge is 0.466 e. The highest BCUT2D eigenvalue weighted by Gasteiger charge is 2.20. The van der Waals surface area contributed by atoms with Gasteiger partial charge in [0.1, 0.15) is 17.3 Å². The number of nitrogens with one attached hydrogen (secondary N) is 1. The van der Waals surface area contributed by atoms with Crippen LogP contribution >= 0.6 is 11.6 Å². The maximum Gasteiger partial charge on any atom is 0.124 e. The quantitative estimate of drug-likeness (QED) is 0.899. The van der Waals surface area contributed by atoms with Crippen LogP contribution in [0.3, 0.4) is 0 Å². The Balaban J connectivity index is 2.48. The Kier molecular flexibility index (Phi) is 4.27. The van der Waals surface area contributed by atoms with Gasteiger partial charge in [-0.15, -0.1) is 0 Å². The van der Waals surface area contributed by atoms with Gasteiger partial charge in [0.2, 0.25) is 0 Å². The minimum absolute atomic E-state index is 0.0875. The number of furan rings is 1. The number of aryl methyl sites for hydroxylation is 2. The van der Waals surface area contributed by atoms with Gasteiger partial charge in [0.15, 0.2) is 0 Å². The Labute approximate surface area is 117 Å². The molecule has 0 fully saturated rings. The van der Waals surface area contributed by atoms with E-state index in [2.05, 4.69) is 5.32 Å². The average molecular weight is 282 g/mol.